The second-order valence-electron chi connectivity index (χ2n) is 4.87. The lowest BCUT2D eigenvalue weighted by Crippen LogP contribution is -2.51. The molecule has 1 aliphatic rings. The van der Waals surface area contributed by atoms with Gasteiger partial charge in [-0.25, -0.2) is 4.79 Å². The summed E-state index contributed by atoms with van der Waals surface area (Å²) in [6, 6.07) is 4.64. The van der Waals surface area contributed by atoms with Gasteiger partial charge < -0.3 is 15.5 Å². The number of carbonyl (C=O) groups excluding carboxylic acids is 3. The Kier molecular flexibility index (Phi) is 4.22. The van der Waals surface area contributed by atoms with E-state index in [0.717, 1.165) is 4.90 Å². The molecule has 0 saturated heterocycles. The first-order valence-corrected chi connectivity index (χ1v) is 6.48. The van der Waals surface area contributed by atoms with Crippen molar-refractivity contribution in [1.82, 2.24) is 10.2 Å². The van der Waals surface area contributed by atoms with Gasteiger partial charge in [0.2, 0.25) is 5.91 Å². The molecule has 1 aromatic carbocycles. The molecule has 2 unspecified atom stereocenters. The van der Waals surface area contributed by atoms with Gasteiger partial charge in [-0.2, -0.15) is 0 Å². The second-order valence-corrected chi connectivity index (χ2v) is 4.87. The summed E-state index contributed by atoms with van der Waals surface area (Å²) >= 11 is 0. The van der Waals surface area contributed by atoms with Gasteiger partial charge in [0.05, 0.1) is 17.2 Å². The number of imide groups is 1. The first kappa shape index (κ1) is 15.6. The van der Waals surface area contributed by atoms with Crippen molar-refractivity contribution in [2.24, 2.45) is 0 Å². The molecular formula is C14H14N2O6. The molecular weight excluding hydrogens is 292 g/mol. The Labute approximate surface area is 125 Å². The van der Waals surface area contributed by atoms with Crippen LogP contribution in [0.4, 0.5) is 0 Å². The summed E-state index contributed by atoms with van der Waals surface area (Å²) in [6.07, 6.45) is -1.32. The number of fused-ring (bicyclic) bond motifs is 1. The highest BCUT2D eigenvalue weighted by Crippen LogP contribution is 2.21. The summed E-state index contributed by atoms with van der Waals surface area (Å²) < 4.78 is 0. The summed E-state index contributed by atoms with van der Waals surface area (Å²) in [5.41, 5.74) is 0.399. The second kappa shape index (κ2) is 5.94. The Morgan fingerprint density at radius 3 is 2.09 bits per heavy atom. The molecule has 8 heteroatoms. The van der Waals surface area contributed by atoms with Crippen LogP contribution in [-0.2, 0) is 9.59 Å². The third-order valence-corrected chi connectivity index (χ3v) is 3.24. The van der Waals surface area contributed by atoms with Gasteiger partial charge in [0, 0.05) is 0 Å². The third-order valence-electron chi connectivity index (χ3n) is 3.24. The number of carboxylic acid groups (broad SMARTS) is 1. The molecule has 1 aliphatic heterocycles. The van der Waals surface area contributed by atoms with Crippen molar-refractivity contribution in [2.45, 2.75) is 19.1 Å². The van der Waals surface area contributed by atoms with E-state index in [2.05, 4.69) is 5.32 Å². The zero-order valence-electron chi connectivity index (χ0n) is 11.6. The molecule has 2 rings (SSSR count). The van der Waals surface area contributed by atoms with Crippen LogP contribution in [0, 0.1) is 0 Å². The molecule has 1 heterocycles. The van der Waals surface area contributed by atoms with Gasteiger partial charge in [0.1, 0.15) is 6.54 Å². The summed E-state index contributed by atoms with van der Waals surface area (Å²) in [5.74, 6) is -3.48. The van der Waals surface area contributed by atoms with Crippen LogP contribution in [0.25, 0.3) is 0 Å². The van der Waals surface area contributed by atoms with E-state index >= 15 is 0 Å². The number of amides is 3. The van der Waals surface area contributed by atoms with Crippen molar-refractivity contribution in [3.8, 4) is 0 Å². The smallest absolute Gasteiger partial charge is 0.328 e. The molecule has 2 atom stereocenters. The van der Waals surface area contributed by atoms with Crippen molar-refractivity contribution in [3.05, 3.63) is 35.4 Å². The first-order chi connectivity index (χ1) is 10.3. The molecule has 22 heavy (non-hydrogen) atoms. The number of nitrogens with zero attached hydrogens (tertiary/aromatic N) is 1. The summed E-state index contributed by atoms with van der Waals surface area (Å²) in [4.78, 5) is 47.6. The number of aliphatic hydroxyl groups is 1. The number of aliphatic carboxylic acids is 1. The highest BCUT2D eigenvalue weighted by atomic mass is 16.4. The summed E-state index contributed by atoms with van der Waals surface area (Å²) in [5, 5.41) is 20.2. The van der Waals surface area contributed by atoms with Crippen LogP contribution in [0.15, 0.2) is 24.3 Å². The third kappa shape index (κ3) is 2.82. The van der Waals surface area contributed by atoms with Crippen LogP contribution in [0.2, 0.25) is 0 Å². The maximum Gasteiger partial charge on any atom is 0.328 e. The van der Waals surface area contributed by atoms with Crippen molar-refractivity contribution < 1.29 is 29.4 Å². The Hall–Kier alpha value is -2.74. The van der Waals surface area contributed by atoms with Crippen LogP contribution in [0.3, 0.4) is 0 Å². The molecule has 0 radical (unpaired) electrons. The highest BCUT2D eigenvalue weighted by molar-refractivity contribution is 6.22. The monoisotopic (exact) mass is 306 g/mol. The minimum absolute atomic E-state index is 0.200. The van der Waals surface area contributed by atoms with E-state index in [9.17, 15) is 24.3 Å². The number of benzene rings is 1. The van der Waals surface area contributed by atoms with Crippen LogP contribution < -0.4 is 5.32 Å². The molecule has 1 aromatic rings. The maximum absolute atomic E-state index is 12.1. The number of carbonyl (C=O) groups is 4. The van der Waals surface area contributed by atoms with Crippen LogP contribution in [0.5, 0.6) is 0 Å². The van der Waals surface area contributed by atoms with Gasteiger partial charge in [0.25, 0.3) is 11.8 Å². The fraction of sp³-hybridized carbons (Fsp3) is 0.286. The SMILES string of the molecule is CC(O)C(NC(=O)CN1C(=O)c2ccccc2C1=O)C(=O)O. The van der Waals surface area contributed by atoms with E-state index in [0.29, 0.717) is 0 Å². The minimum atomic E-state index is -1.51. The topological polar surface area (TPSA) is 124 Å². The van der Waals surface area contributed by atoms with Gasteiger partial charge >= 0.3 is 5.97 Å². The average molecular weight is 306 g/mol. The number of nitrogens with one attached hydrogen (secondary N) is 1. The maximum atomic E-state index is 12.1. The van der Waals surface area contributed by atoms with Crippen molar-refractivity contribution in [2.75, 3.05) is 6.54 Å². The molecule has 3 N–H and O–H groups in total. The van der Waals surface area contributed by atoms with E-state index < -0.39 is 42.4 Å². The molecule has 116 valence electrons. The van der Waals surface area contributed by atoms with Gasteiger partial charge in [-0.05, 0) is 19.1 Å². The van der Waals surface area contributed by atoms with E-state index in [1.807, 2.05) is 0 Å². The standard InChI is InChI=1S/C14H14N2O6/c1-7(17)11(14(21)22)15-10(18)6-16-12(19)8-4-2-3-5-9(8)13(16)20/h2-5,7,11,17H,6H2,1H3,(H,15,18)(H,21,22). The predicted octanol–water partition coefficient (Wildman–Crippen LogP) is -0.767. The largest absolute Gasteiger partial charge is 0.480 e. The highest BCUT2D eigenvalue weighted by Gasteiger charge is 2.37. The number of hydrogen-bond acceptors (Lipinski definition) is 5. The number of rotatable bonds is 5. The summed E-state index contributed by atoms with van der Waals surface area (Å²) in [6.45, 7) is 0.601. The van der Waals surface area contributed by atoms with Crippen LogP contribution in [-0.4, -0.2) is 57.5 Å². The normalized spacial score (nSPS) is 16.2. The van der Waals surface area contributed by atoms with Gasteiger partial charge in [0.15, 0.2) is 6.04 Å². The molecule has 0 aromatic heterocycles. The number of carboxylic acids is 1. The zero-order valence-corrected chi connectivity index (χ0v) is 11.6. The molecule has 0 aliphatic carbocycles. The lowest BCUT2D eigenvalue weighted by Gasteiger charge is -2.19. The van der Waals surface area contributed by atoms with Crippen molar-refractivity contribution in [3.63, 3.8) is 0 Å². The average Bonchev–Trinajstić information content (AvgIpc) is 2.70. The number of hydrogen-bond donors (Lipinski definition) is 3. The Morgan fingerprint density at radius 2 is 1.68 bits per heavy atom. The number of aliphatic hydroxyl groups excluding tert-OH is 1. The zero-order chi connectivity index (χ0) is 16.4. The molecule has 0 saturated carbocycles. The van der Waals surface area contributed by atoms with E-state index in [-0.39, 0.29) is 11.1 Å². The lowest BCUT2D eigenvalue weighted by atomic mass is 10.1. The van der Waals surface area contributed by atoms with E-state index in [4.69, 9.17) is 5.11 Å². The molecule has 8 nitrogen and oxygen atoms in total. The Balaban J connectivity index is 2.09. The molecule has 0 bridgehead atoms. The fourth-order valence-corrected chi connectivity index (χ4v) is 2.13. The van der Waals surface area contributed by atoms with E-state index in [1.54, 1.807) is 12.1 Å². The Morgan fingerprint density at radius 1 is 1.18 bits per heavy atom. The first-order valence-electron chi connectivity index (χ1n) is 6.48. The molecule has 3 amide bonds. The summed E-state index contributed by atoms with van der Waals surface area (Å²) in [7, 11) is 0. The van der Waals surface area contributed by atoms with Gasteiger partial charge in [-0.1, -0.05) is 12.1 Å². The fourth-order valence-electron chi connectivity index (χ4n) is 2.13. The van der Waals surface area contributed by atoms with Crippen LogP contribution >= 0.6 is 0 Å². The van der Waals surface area contributed by atoms with Gasteiger partial charge in [-0.3, -0.25) is 19.3 Å². The van der Waals surface area contributed by atoms with E-state index in [1.165, 1.54) is 19.1 Å². The predicted molar refractivity (Wildman–Crippen MR) is 73.1 cm³/mol. The molecule has 0 fully saturated rings. The van der Waals surface area contributed by atoms with Crippen molar-refractivity contribution in [1.29, 1.82) is 0 Å². The van der Waals surface area contributed by atoms with Gasteiger partial charge in [-0.15, -0.1) is 0 Å². The van der Waals surface area contributed by atoms with Crippen LogP contribution in [0.1, 0.15) is 27.6 Å². The minimum Gasteiger partial charge on any atom is -0.480 e. The lowest BCUT2D eigenvalue weighted by molar-refractivity contribution is -0.144. The Bertz CT molecular complexity index is 619. The molecule has 0 spiro atoms. The van der Waals surface area contributed by atoms with Crippen molar-refractivity contribution >= 4 is 23.7 Å². The quantitative estimate of drug-likeness (QED) is 0.614.